The van der Waals surface area contributed by atoms with Gasteiger partial charge in [-0.15, -0.1) is 0 Å². The first kappa shape index (κ1) is 15.3. The summed E-state index contributed by atoms with van der Waals surface area (Å²) in [6.45, 7) is 5.73. The molecule has 0 bridgehead atoms. The zero-order valence-corrected chi connectivity index (χ0v) is 12.5. The van der Waals surface area contributed by atoms with Crippen LogP contribution in [0.1, 0.15) is 45.4 Å². The van der Waals surface area contributed by atoms with Gasteiger partial charge in [-0.2, -0.15) is 0 Å². The minimum Gasteiger partial charge on any atom is -0.466 e. The molecular weight excluding hydrogens is 256 g/mol. The average molecular weight is 282 g/mol. The van der Waals surface area contributed by atoms with Crippen LogP contribution in [0, 0.1) is 0 Å². The second-order valence-electron chi connectivity index (χ2n) is 5.66. The lowest BCUT2D eigenvalue weighted by Crippen LogP contribution is -2.51. The number of piperazine rings is 1. The molecule has 0 unspecified atom stereocenters. The summed E-state index contributed by atoms with van der Waals surface area (Å²) in [5.74, 6) is -0.186. The van der Waals surface area contributed by atoms with Crippen molar-refractivity contribution in [2.24, 2.45) is 0 Å². The van der Waals surface area contributed by atoms with Gasteiger partial charge in [-0.05, 0) is 19.8 Å². The monoisotopic (exact) mass is 282 g/mol. The first-order chi connectivity index (χ1) is 9.70. The Morgan fingerprint density at radius 2 is 1.70 bits per heavy atom. The highest BCUT2D eigenvalue weighted by Gasteiger charge is 2.27. The minimum absolute atomic E-state index is 0.0872. The fourth-order valence-electron chi connectivity index (χ4n) is 3.21. The van der Waals surface area contributed by atoms with Gasteiger partial charge >= 0.3 is 5.97 Å². The van der Waals surface area contributed by atoms with Crippen LogP contribution in [-0.4, -0.2) is 60.5 Å². The predicted octanol–water partition coefficient (Wildman–Crippen LogP) is 1.42. The highest BCUT2D eigenvalue weighted by molar-refractivity contribution is 5.81. The number of carbonyl (C=O) groups excluding carboxylic acids is 2. The van der Waals surface area contributed by atoms with Gasteiger partial charge in [-0.3, -0.25) is 14.5 Å². The molecule has 0 radical (unpaired) electrons. The standard InChI is InChI=1S/C15H26N2O3/c1-2-20-15(19)8-7-14(18)17-11-9-16(10-12-17)13-5-3-4-6-13/h13H,2-12H2,1H3. The number of hydrogen-bond donors (Lipinski definition) is 0. The normalized spacial score (nSPS) is 21.1. The van der Waals surface area contributed by atoms with Crippen LogP contribution in [0.25, 0.3) is 0 Å². The number of esters is 1. The summed E-state index contributed by atoms with van der Waals surface area (Å²) in [4.78, 5) is 27.7. The third-order valence-corrected chi connectivity index (χ3v) is 4.36. The van der Waals surface area contributed by atoms with Gasteiger partial charge in [0.2, 0.25) is 5.91 Å². The molecule has 1 saturated carbocycles. The third-order valence-electron chi connectivity index (χ3n) is 4.36. The molecule has 1 amide bonds. The Morgan fingerprint density at radius 3 is 2.30 bits per heavy atom. The summed E-state index contributed by atoms with van der Waals surface area (Å²) in [5, 5.41) is 0. The minimum atomic E-state index is -0.273. The molecule has 0 atom stereocenters. The smallest absolute Gasteiger partial charge is 0.306 e. The zero-order chi connectivity index (χ0) is 14.4. The van der Waals surface area contributed by atoms with Gasteiger partial charge < -0.3 is 9.64 Å². The van der Waals surface area contributed by atoms with Crippen molar-refractivity contribution in [1.82, 2.24) is 9.80 Å². The van der Waals surface area contributed by atoms with E-state index in [4.69, 9.17) is 4.74 Å². The number of carbonyl (C=O) groups is 2. The molecule has 2 fully saturated rings. The maximum absolute atomic E-state index is 12.0. The van der Waals surface area contributed by atoms with Gasteiger partial charge in [0.1, 0.15) is 0 Å². The van der Waals surface area contributed by atoms with Gasteiger partial charge in [-0.1, -0.05) is 12.8 Å². The Bertz CT molecular complexity index is 332. The van der Waals surface area contributed by atoms with E-state index in [1.807, 2.05) is 4.90 Å². The van der Waals surface area contributed by atoms with Crippen molar-refractivity contribution in [2.75, 3.05) is 32.8 Å². The fraction of sp³-hybridized carbons (Fsp3) is 0.867. The Labute approximate surface area is 121 Å². The molecule has 1 saturated heterocycles. The Morgan fingerprint density at radius 1 is 1.05 bits per heavy atom. The van der Waals surface area contributed by atoms with Gasteiger partial charge in [0.05, 0.1) is 13.0 Å². The predicted molar refractivity (Wildman–Crippen MR) is 76.3 cm³/mol. The van der Waals surface area contributed by atoms with E-state index in [9.17, 15) is 9.59 Å². The highest BCUT2D eigenvalue weighted by atomic mass is 16.5. The average Bonchev–Trinajstić information content (AvgIpc) is 2.99. The van der Waals surface area contributed by atoms with E-state index < -0.39 is 0 Å². The Kier molecular flexibility index (Phi) is 5.83. The Hall–Kier alpha value is -1.10. The molecule has 1 heterocycles. The quantitative estimate of drug-likeness (QED) is 0.716. The van der Waals surface area contributed by atoms with E-state index >= 15 is 0 Å². The van der Waals surface area contributed by atoms with Crippen LogP contribution < -0.4 is 0 Å². The van der Waals surface area contributed by atoms with Crippen LogP contribution in [-0.2, 0) is 14.3 Å². The molecule has 5 nitrogen and oxygen atoms in total. The van der Waals surface area contributed by atoms with Crippen molar-refractivity contribution in [3.63, 3.8) is 0 Å². The van der Waals surface area contributed by atoms with E-state index in [0.717, 1.165) is 32.2 Å². The molecule has 20 heavy (non-hydrogen) atoms. The second-order valence-corrected chi connectivity index (χ2v) is 5.66. The van der Waals surface area contributed by atoms with E-state index in [0.29, 0.717) is 6.61 Å². The summed E-state index contributed by atoms with van der Waals surface area (Å²) in [5.41, 5.74) is 0. The molecule has 0 spiro atoms. The second kappa shape index (κ2) is 7.62. The van der Waals surface area contributed by atoms with Crippen LogP contribution in [0.15, 0.2) is 0 Å². The summed E-state index contributed by atoms with van der Waals surface area (Å²) >= 11 is 0. The Balaban J connectivity index is 1.67. The van der Waals surface area contributed by atoms with Crippen molar-refractivity contribution < 1.29 is 14.3 Å². The number of nitrogens with zero attached hydrogens (tertiary/aromatic N) is 2. The number of ether oxygens (including phenoxy) is 1. The van der Waals surface area contributed by atoms with Crippen molar-refractivity contribution in [3.05, 3.63) is 0 Å². The van der Waals surface area contributed by atoms with Crippen molar-refractivity contribution in [3.8, 4) is 0 Å². The SMILES string of the molecule is CCOC(=O)CCC(=O)N1CCN(C2CCCC2)CC1. The van der Waals surface area contributed by atoms with Gasteiger partial charge in [0, 0.05) is 38.6 Å². The lowest BCUT2D eigenvalue weighted by atomic mass is 10.1. The summed E-state index contributed by atoms with van der Waals surface area (Å²) in [6.07, 6.45) is 5.82. The maximum atomic E-state index is 12.0. The number of amides is 1. The molecule has 5 heteroatoms. The van der Waals surface area contributed by atoms with Crippen LogP contribution in [0.4, 0.5) is 0 Å². The largest absolute Gasteiger partial charge is 0.466 e. The zero-order valence-electron chi connectivity index (χ0n) is 12.5. The topological polar surface area (TPSA) is 49.9 Å². The van der Waals surface area contributed by atoms with Crippen LogP contribution in [0.2, 0.25) is 0 Å². The molecule has 0 aromatic rings. The van der Waals surface area contributed by atoms with Crippen molar-refractivity contribution >= 4 is 11.9 Å². The van der Waals surface area contributed by atoms with Gasteiger partial charge in [0.25, 0.3) is 0 Å². The van der Waals surface area contributed by atoms with Crippen molar-refractivity contribution in [1.29, 1.82) is 0 Å². The third kappa shape index (κ3) is 4.20. The fourth-order valence-corrected chi connectivity index (χ4v) is 3.21. The van der Waals surface area contributed by atoms with E-state index in [1.54, 1.807) is 6.92 Å². The first-order valence-electron chi connectivity index (χ1n) is 7.88. The molecule has 0 aromatic carbocycles. The number of hydrogen-bond acceptors (Lipinski definition) is 4. The summed E-state index contributed by atoms with van der Waals surface area (Å²) in [7, 11) is 0. The lowest BCUT2D eigenvalue weighted by Gasteiger charge is -2.38. The molecule has 1 aliphatic carbocycles. The van der Waals surface area contributed by atoms with E-state index in [2.05, 4.69) is 4.90 Å². The molecule has 2 aliphatic rings. The van der Waals surface area contributed by atoms with Gasteiger partial charge in [0.15, 0.2) is 0 Å². The molecule has 114 valence electrons. The van der Waals surface area contributed by atoms with E-state index in [1.165, 1.54) is 25.7 Å². The number of rotatable bonds is 5. The molecule has 2 rings (SSSR count). The molecule has 0 aromatic heterocycles. The van der Waals surface area contributed by atoms with Crippen LogP contribution in [0.5, 0.6) is 0 Å². The van der Waals surface area contributed by atoms with E-state index in [-0.39, 0.29) is 24.7 Å². The summed E-state index contributed by atoms with van der Waals surface area (Å²) < 4.78 is 4.85. The maximum Gasteiger partial charge on any atom is 0.306 e. The van der Waals surface area contributed by atoms with Crippen LogP contribution in [0.3, 0.4) is 0 Å². The highest BCUT2D eigenvalue weighted by Crippen LogP contribution is 2.24. The van der Waals surface area contributed by atoms with Gasteiger partial charge in [-0.25, -0.2) is 0 Å². The van der Waals surface area contributed by atoms with Crippen molar-refractivity contribution in [2.45, 2.75) is 51.5 Å². The summed E-state index contributed by atoms with van der Waals surface area (Å²) in [6, 6.07) is 0.742. The molecule has 1 aliphatic heterocycles. The first-order valence-corrected chi connectivity index (χ1v) is 7.88. The lowest BCUT2D eigenvalue weighted by molar-refractivity contribution is -0.146. The van der Waals surface area contributed by atoms with Crippen LogP contribution >= 0.6 is 0 Å². The molecule has 0 N–H and O–H groups in total. The molecular formula is C15H26N2O3.